The smallest absolute Gasteiger partial charge is 0.273 e. The molecule has 1 aromatic rings. The second kappa shape index (κ2) is 4.94. The third-order valence-electron chi connectivity index (χ3n) is 2.59. The van der Waals surface area contributed by atoms with Crippen LogP contribution in [-0.4, -0.2) is 30.5 Å². The van der Waals surface area contributed by atoms with Crippen LogP contribution in [0, 0.1) is 6.92 Å². The van der Waals surface area contributed by atoms with E-state index in [-0.39, 0.29) is 5.91 Å². The monoisotopic (exact) mass is 221 g/mol. The van der Waals surface area contributed by atoms with Crippen LogP contribution in [0.15, 0.2) is 22.5 Å². The fourth-order valence-electron chi connectivity index (χ4n) is 1.63. The minimum absolute atomic E-state index is 0.175. The van der Waals surface area contributed by atoms with Crippen LogP contribution in [0.2, 0.25) is 0 Å². The lowest BCUT2D eigenvalue weighted by atomic mass is 10.1. The summed E-state index contributed by atoms with van der Waals surface area (Å²) < 4.78 is 4.98. The van der Waals surface area contributed by atoms with Crippen LogP contribution < -0.4 is 10.6 Å². The Morgan fingerprint density at radius 3 is 3.19 bits per heavy atom. The summed E-state index contributed by atoms with van der Waals surface area (Å²) in [5, 5.41) is 6.06. The first-order valence-electron chi connectivity index (χ1n) is 5.34. The topological polar surface area (TPSA) is 67.2 Å². The maximum absolute atomic E-state index is 11.7. The Balaban J connectivity index is 1.89. The molecule has 2 rings (SSSR count). The Morgan fingerprint density at radius 2 is 2.56 bits per heavy atom. The van der Waals surface area contributed by atoms with E-state index in [0.717, 1.165) is 19.5 Å². The van der Waals surface area contributed by atoms with E-state index in [2.05, 4.69) is 21.7 Å². The van der Waals surface area contributed by atoms with E-state index in [9.17, 15) is 4.79 Å². The normalized spacial score (nSPS) is 15.7. The Bertz CT molecular complexity index is 409. The van der Waals surface area contributed by atoms with Crippen molar-refractivity contribution in [2.24, 2.45) is 0 Å². The predicted octanol–water partition coefficient (Wildman–Crippen LogP) is 0.633. The van der Waals surface area contributed by atoms with E-state index in [0.29, 0.717) is 18.0 Å². The molecule has 0 aliphatic carbocycles. The lowest BCUT2D eigenvalue weighted by Gasteiger charge is -2.14. The van der Waals surface area contributed by atoms with Crippen LogP contribution in [0.4, 0.5) is 0 Å². The van der Waals surface area contributed by atoms with Crippen molar-refractivity contribution < 1.29 is 9.21 Å². The molecule has 16 heavy (non-hydrogen) atoms. The molecule has 0 unspecified atom stereocenters. The Labute approximate surface area is 93.9 Å². The highest BCUT2D eigenvalue weighted by atomic mass is 16.3. The first-order chi connectivity index (χ1) is 7.77. The number of hydrogen-bond acceptors (Lipinski definition) is 4. The summed E-state index contributed by atoms with van der Waals surface area (Å²) in [6.07, 6.45) is 4.38. The highest BCUT2D eigenvalue weighted by Crippen LogP contribution is 2.06. The van der Waals surface area contributed by atoms with Gasteiger partial charge in [-0.2, -0.15) is 0 Å². The highest BCUT2D eigenvalue weighted by molar-refractivity contribution is 5.93. The number of carbonyl (C=O) groups is 1. The summed E-state index contributed by atoms with van der Waals surface area (Å²) >= 11 is 0. The summed E-state index contributed by atoms with van der Waals surface area (Å²) in [7, 11) is 0. The number of nitrogens with one attached hydrogen (secondary N) is 2. The molecule has 0 fully saturated rings. The van der Waals surface area contributed by atoms with E-state index in [4.69, 9.17) is 4.42 Å². The Hall–Kier alpha value is -1.62. The van der Waals surface area contributed by atoms with Gasteiger partial charge in [0.1, 0.15) is 5.76 Å². The number of hydrogen-bond donors (Lipinski definition) is 2. The summed E-state index contributed by atoms with van der Waals surface area (Å²) in [5.74, 6) is 0.377. The standard InChI is InChI=1S/C11H15N3O2/c1-8-10(14-7-16-8)11(15)13-6-9-2-4-12-5-3-9/h2,7,12H,3-6H2,1H3,(H,13,15). The number of oxazole rings is 1. The van der Waals surface area contributed by atoms with Gasteiger partial charge in [0.25, 0.3) is 5.91 Å². The second-order valence-corrected chi connectivity index (χ2v) is 3.76. The molecule has 2 N–H and O–H groups in total. The summed E-state index contributed by atoms with van der Waals surface area (Å²) in [4.78, 5) is 15.6. The van der Waals surface area contributed by atoms with Crippen LogP contribution in [0.3, 0.4) is 0 Å². The maximum Gasteiger partial charge on any atom is 0.273 e. The molecule has 0 atom stereocenters. The number of aromatic nitrogens is 1. The molecule has 2 heterocycles. The molecule has 0 spiro atoms. The summed E-state index contributed by atoms with van der Waals surface area (Å²) in [6.45, 7) is 4.18. The largest absolute Gasteiger partial charge is 0.448 e. The van der Waals surface area contributed by atoms with E-state index in [1.165, 1.54) is 12.0 Å². The molecule has 5 nitrogen and oxygen atoms in total. The van der Waals surface area contributed by atoms with Gasteiger partial charge in [0.2, 0.25) is 0 Å². The van der Waals surface area contributed by atoms with E-state index < -0.39 is 0 Å². The second-order valence-electron chi connectivity index (χ2n) is 3.76. The van der Waals surface area contributed by atoms with Crippen LogP contribution in [0.5, 0.6) is 0 Å². The Kier molecular flexibility index (Phi) is 3.36. The molecular formula is C11H15N3O2. The molecule has 5 heteroatoms. The molecule has 1 aliphatic heterocycles. The van der Waals surface area contributed by atoms with Crippen molar-refractivity contribution in [3.8, 4) is 0 Å². The van der Waals surface area contributed by atoms with Crippen molar-refractivity contribution in [1.29, 1.82) is 0 Å². The molecule has 0 saturated heterocycles. The van der Waals surface area contributed by atoms with Gasteiger partial charge < -0.3 is 15.1 Å². The van der Waals surface area contributed by atoms with Gasteiger partial charge in [-0.25, -0.2) is 4.98 Å². The minimum atomic E-state index is -0.175. The van der Waals surface area contributed by atoms with Crippen LogP contribution in [0.1, 0.15) is 22.7 Å². The zero-order valence-corrected chi connectivity index (χ0v) is 9.25. The van der Waals surface area contributed by atoms with Gasteiger partial charge in [0.05, 0.1) is 0 Å². The number of carbonyl (C=O) groups excluding carboxylic acids is 1. The Morgan fingerprint density at radius 1 is 1.69 bits per heavy atom. The van der Waals surface area contributed by atoms with Crippen LogP contribution in [-0.2, 0) is 0 Å². The number of aryl methyl sites for hydroxylation is 1. The maximum atomic E-state index is 11.7. The molecule has 1 aliphatic rings. The van der Waals surface area contributed by atoms with Gasteiger partial charge in [0.15, 0.2) is 12.1 Å². The highest BCUT2D eigenvalue weighted by Gasteiger charge is 2.13. The minimum Gasteiger partial charge on any atom is -0.448 e. The zero-order chi connectivity index (χ0) is 11.4. The number of nitrogens with zero attached hydrogens (tertiary/aromatic N) is 1. The van der Waals surface area contributed by atoms with Gasteiger partial charge in [-0.1, -0.05) is 11.6 Å². The van der Waals surface area contributed by atoms with Crippen molar-refractivity contribution in [1.82, 2.24) is 15.6 Å². The van der Waals surface area contributed by atoms with Crippen molar-refractivity contribution in [2.45, 2.75) is 13.3 Å². The first-order valence-corrected chi connectivity index (χ1v) is 5.34. The average Bonchev–Trinajstić information content (AvgIpc) is 2.74. The molecule has 1 amide bonds. The van der Waals surface area contributed by atoms with Gasteiger partial charge >= 0.3 is 0 Å². The van der Waals surface area contributed by atoms with Crippen molar-refractivity contribution in [2.75, 3.05) is 19.6 Å². The van der Waals surface area contributed by atoms with Gasteiger partial charge in [-0.3, -0.25) is 4.79 Å². The third-order valence-corrected chi connectivity index (χ3v) is 2.59. The predicted molar refractivity (Wildman–Crippen MR) is 59.1 cm³/mol. The molecular weight excluding hydrogens is 206 g/mol. The lowest BCUT2D eigenvalue weighted by Crippen LogP contribution is -2.30. The SMILES string of the molecule is Cc1ocnc1C(=O)NCC1=CCNCC1. The van der Waals surface area contributed by atoms with Crippen molar-refractivity contribution in [3.63, 3.8) is 0 Å². The van der Waals surface area contributed by atoms with Crippen molar-refractivity contribution in [3.05, 3.63) is 29.5 Å². The molecule has 0 radical (unpaired) electrons. The van der Waals surface area contributed by atoms with Crippen LogP contribution >= 0.6 is 0 Å². The van der Waals surface area contributed by atoms with E-state index in [1.54, 1.807) is 6.92 Å². The van der Waals surface area contributed by atoms with Gasteiger partial charge in [-0.15, -0.1) is 0 Å². The van der Waals surface area contributed by atoms with Crippen molar-refractivity contribution >= 4 is 5.91 Å². The molecule has 0 saturated carbocycles. The quantitative estimate of drug-likeness (QED) is 0.735. The molecule has 0 aromatic carbocycles. The van der Waals surface area contributed by atoms with Gasteiger partial charge in [0, 0.05) is 13.1 Å². The fourth-order valence-corrected chi connectivity index (χ4v) is 1.63. The summed E-state index contributed by atoms with van der Waals surface area (Å²) in [6, 6.07) is 0. The molecule has 1 aromatic heterocycles. The lowest BCUT2D eigenvalue weighted by molar-refractivity contribution is 0.0951. The first kappa shape index (κ1) is 10.9. The number of amides is 1. The zero-order valence-electron chi connectivity index (χ0n) is 9.25. The van der Waals surface area contributed by atoms with E-state index >= 15 is 0 Å². The van der Waals surface area contributed by atoms with Gasteiger partial charge in [-0.05, 0) is 19.9 Å². The fraction of sp³-hybridized carbons (Fsp3) is 0.455. The van der Waals surface area contributed by atoms with E-state index in [1.807, 2.05) is 0 Å². The third kappa shape index (κ3) is 2.49. The van der Waals surface area contributed by atoms with Crippen LogP contribution in [0.25, 0.3) is 0 Å². The number of rotatable bonds is 3. The average molecular weight is 221 g/mol. The molecule has 86 valence electrons. The summed E-state index contributed by atoms with van der Waals surface area (Å²) in [5.41, 5.74) is 1.63. The molecule has 0 bridgehead atoms.